The van der Waals surface area contributed by atoms with E-state index in [0.717, 1.165) is 0 Å². The molecule has 0 saturated heterocycles. The van der Waals surface area contributed by atoms with Gasteiger partial charge in [-0.2, -0.15) is 5.26 Å². The number of hydrogen-bond donors (Lipinski definition) is 1. The van der Waals surface area contributed by atoms with E-state index in [1.807, 2.05) is 6.07 Å². The molecule has 0 aliphatic heterocycles. The van der Waals surface area contributed by atoms with Crippen LogP contribution in [-0.4, -0.2) is 10.8 Å². The molecule has 0 radical (unpaired) electrons. The molecule has 0 unspecified atom stereocenters. The van der Waals surface area contributed by atoms with Gasteiger partial charge in [0.1, 0.15) is 29.8 Å². The summed E-state index contributed by atoms with van der Waals surface area (Å²) in [5, 5.41) is 22.6. The summed E-state index contributed by atoms with van der Waals surface area (Å²) in [6.45, 7) is 0.115. The number of nitro benzene ring substituents is 1. The van der Waals surface area contributed by atoms with Crippen LogP contribution < -0.4 is 10.1 Å². The van der Waals surface area contributed by atoms with E-state index in [0.29, 0.717) is 21.3 Å². The molecule has 160 valence electrons. The first-order valence-corrected chi connectivity index (χ1v) is 10.00. The average Bonchev–Trinajstić information content (AvgIpc) is 2.78. The number of nitro groups is 1. The Morgan fingerprint density at radius 3 is 2.66 bits per heavy atom. The lowest BCUT2D eigenvalue weighted by Gasteiger charge is -2.09. The third-order valence-electron chi connectivity index (χ3n) is 4.27. The molecule has 0 spiro atoms. The van der Waals surface area contributed by atoms with Crippen molar-refractivity contribution in [2.45, 2.75) is 6.61 Å². The number of halogens is 2. The van der Waals surface area contributed by atoms with Crippen LogP contribution in [0.15, 0.2) is 76.8 Å². The minimum absolute atomic E-state index is 0.0234. The fourth-order valence-corrected chi connectivity index (χ4v) is 3.22. The summed E-state index contributed by atoms with van der Waals surface area (Å²) in [7, 11) is 0. The monoisotopic (exact) mass is 495 g/mol. The fourth-order valence-electron chi connectivity index (χ4n) is 2.71. The van der Waals surface area contributed by atoms with E-state index in [-0.39, 0.29) is 23.6 Å². The first-order chi connectivity index (χ1) is 15.4. The first kappa shape index (κ1) is 22.7. The van der Waals surface area contributed by atoms with Crippen molar-refractivity contribution >= 4 is 39.3 Å². The van der Waals surface area contributed by atoms with Crippen LogP contribution in [0.2, 0.25) is 0 Å². The van der Waals surface area contributed by atoms with Crippen molar-refractivity contribution in [2.75, 3.05) is 5.32 Å². The zero-order valence-electron chi connectivity index (χ0n) is 16.4. The summed E-state index contributed by atoms with van der Waals surface area (Å²) in [6.07, 6.45) is 1.37. The summed E-state index contributed by atoms with van der Waals surface area (Å²) < 4.78 is 20.0. The average molecular weight is 496 g/mol. The fraction of sp³-hybridized carbons (Fsp3) is 0.0435. The molecule has 0 bridgehead atoms. The van der Waals surface area contributed by atoms with Gasteiger partial charge in [-0.1, -0.05) is 30.3 Å². The smallest absolute Gasteiger partial charge is 0.269 e. The van der Waals surface area contributed by atoms with Crippen LogP contribution in [0, 0.1) is 27.3 Å². The van der Waals surface area contributed by atoms with Crippen molar-refractivity contribution < 1.29 is 18.8 Å². The molecule has 0 aliphatic carbocycles. The number of para-hydroxylation sites is 1. The second-order valence-electron chi connectivity index (χ2n) is 6.51. The summed E-state index contributed by atoms with van der Waals surface area (Å²) in [6, 6.07) is 18.5. The summed E-state index contributed by atoms with van der Waals surface area (Å²) in [5.41, 5.74) is 0.921. The SMILES string of the molecule is N#C/C(=C\c1ccc(OCc2cccc([N+](=O)[O-])c2)c(Br)c1)C(=O)Nc1ccccc1F. The van der Waals surface area contributed by atoms with Crippen LogP contribution >= 0.6 is 15.9 Å². The zero-order chi connectivity index (χ0) is 23.1. The summed E-state index contributed by atoms with van der Waals surface area (Å²) in [5.74, 6) is -0.867. The number of ether oxygens (including phenoxy) is 1. The normalized spacial score (nSPS) is 10.8. The van der Waals surface area contributed by atoms with Crippen LogP contribution in [-0.2, 0) is 11.4 Å². The predicted octanol–water partition coefficient (Wildman–Crippen LogP) is 5.62. The molecule has 1 amide bonds. The molecule has 7 nitrogen and oxygen atoms in total. The van der Waals surface area contributed by atoms with E-state index in [9.17, 15) is 24.6 Å². The number of carbonyl (C=O) groups is 1. The van der Waals surface area contributed by atoms with Gasteiger partial charge < -0.3 is 10.1 Å². The molecule has 0 atom stereocenters. The quantitative estimate of drug-likeness (QED) is 0.198. The van der Waals surface area contributed by atoms with Crippen molar-refractivity contribution in [2.24, 2.45) is 0 Å². The highest BCUT2D eigenvalue weighted by atomic mass is 79.9. The Balaban J connectivity index is 1.72. The number of anilines is 1. The van der Waals surface area contributed by atoms with Gasteiger partial charge in [0.05, 0.1) is 15.1 Å². The van der Waals surface area contributed by atoms with E-state index < -0.39 is 16.6 Å². The van der Waals surface area contributed by atoms with Gasteiger partial charge in [0.25, 0.3) is 11.6 Å². The van der Waals surface area contributed by atoms with Gasteiger partial charge in [-0.25, -0.2) is 4.39 Å². The number of non-ortho nitro benzene ring substituents is 1. The van der Waals surface area contributed by atoms with E-state index in [1.165, 1.54) is 36.4 Å². The number of nitriles is 1. The minimum Gasteiger partial charge on any atom is -0.488 e. The Morgan fingerprint density at radius 2 is 1.97 bits per heavy atom. The molecule has 0 fully saturated rings. The van der Waals surface area contributed by atoms with Gasteiger partial charge in [-0.05, 0) is 57.4 Å². The molecule has 0 aromatic heterocycles. The zero-order valence-corrected chi connectivity index (χ0v) is 18.0. The van der Waals surface area contributed by atoms with E-state index in [4.69, 9.17) is 4.74 Å². The lowest BCUT2D eigenvalue weighted by Crippen LogP contribution is -2.14. The Hall–Kier alpha value is -4.03. The van der Waals surface area contributed by atoms with Crippen molar-refractivity contribution in [3.8, 4) is 11.8 Å². The maximum absolute atomic E-state index is 13.7. The highest BCUT2D eigenvalue weighted by molar-refractivity contribution is 9.10. The first-order valence-electron chi connectivity index (χ1n) is 9.20. The largest absolute Gasteiger partial charge is 0.488 e. The van der Waals surface area contributed by atoms with Crippen LogP contribution in [0.1, 0.15) is 11.1 Å². The molecule has 3 aromatic rings. The Morgan fingerprint density at radius 1 is 1.19 bits per heavy atom. The minimum atomic E-state index is -0.736. The topological polar surface area (TPSA) is 105 Å². The Bertz CT molecular complexity index is 1250. The van der Waals surface area contributed by atoms with Gasteiger partial charge in [0.2, 0.25) is 0 Å². The molecular formula is C23H15BrFN3O4. The van der Waals surface area contributed by atoms with Gasteiger partial charge in [-0.15, -0.1) is 0 Å². The van der Waals surface area contributed by atoms with Gasteiger partial charge in [0, 0.05) is 12.1 Å². The Kier molecular flexibility index (Phi) is 7.31. The van der Waals surface area contributed by atoms with Crippen molar-refractivity contribution in [3.63, 3.8) is 0 Å². The van der Waals surface area contributed by atoms with E-state index >= 15 is 0 Å². The molecule has 3 rings (SSSR count). The standard InChI is InChI=1S/C23H15BrFN3O4/c24-19-12-15(10-17(13-26)23(29)27-21-7-2-1-6-20(21)25)8-9-22(19)32-14-16-4-3-5-18(11-16)28(30)31/h1-12H,14H2,(H,27,29)/b17-10+. The number of nitrogens with one attached hydrogen (secondary N) is 1. The predicted molar refractivity (Wildman–Crippen MR) is 120 cm³/mol. The van der Waals surface area contributed by atoms with Crippen LogP contribution in [0.25, 0.3) is 6.08 Å². The van der Waals surface area contributed by atoms with E-state index in [1.54, 1.807) is 36.4 Å². The number of rotatable bonds is 7. The second kappa shape index (κ2) is 10.3. The molecule has 32 heavy (non-hydrogen) atoms. The van der Waals surface area contributed by atoms with Crippen LogP contribution in [0.3, 0.4) is 0 Å². The third-order valence-corrected chi connectivity index (χ3v) is 4.89. The maximum Gasteiger partial charge on any atom is 0.269 e. The molecule has 0 saturated carbocycles. The highest BCUT2D eigenvalue weighted by Crippen LogP contribution is 2.28. The number of carbonyl (C=O) groups excluding carboxylic acids is 1. The Labute approximate surface area is 191 Å². The van der Waals surface area contributed by atoms with Crippen molar-refractivity contribution in [1.29, 1.82) is 5.26 Å². The summed E-state index contributed by atoms with van der Waals surface area (Å²) in [4.78, 5) is 22.7. The number of benzene rings is 3. The van der Waals surface area contributed by atoms with Crippen LogP contribution in [0.4, 0.5) is 15.8 Å². The molecule has 3 aromatic carbocycles. The summed E-state index contributed by atoms with van der Waals surface area (Å²) >= 11 is 3.38. The number of hydrogen-bond acceptors (Lipinski definition) is 5. The highest BCUT2D eigenvalue weighted by Gasteiger charge is 2.13. The van der Waals surface area contributed by atoms with Gasteiger partial charge >= 0.3 is 0 Å². The lowest BCUT2D eigenvalue weighted by molar-refractivity contribution is -0.384. The van der Waals surface area contributed by atoms with Crippen LogP contribution in [0.5, 0.6) is 5.75 Å². The third kappa shape index (κ3) is 5.77. The van der Waals surface area contributed by atoms with Crippen molar-refractivity contribution in [1.82, 2.24) is 0 Å². The molecule has 0 aliphatic rings. The molecule has 1 N–H and O–H groups in total. The number of amides is 1. The second-order valence-corrected chi connectivity index (χ2v) is 7.36. The maximum atomic E-state index is 13.7. The van der Waals surface area contributed by atoms with E-state index in [2.05, 4.69) is 21.2 Å². The molecule has 9 heteroatoms. The van der Waals surface area contributed by atoms with Gasteiger partial charge in [-0.3, -0.25) is 14.9 Å². The molecule has 0 heterocycles. The van der Waals surface area contributed by atoms with Gasteiger partial charge in [0.15, 0.2) is 0 Å². The lowest BCUT2D eigenvalue weighted by atomic mass is 10.1. The molecular weight excluding hydrogens is 481 g/mol. The van der Waals surface area contributed by atoms with Crippen molar-refractivity contribution in [3.05, 3.63) is 104 Å². The number of nitrogens with zero attached hydrogens (tertiary/aromatic N) is 2.